The second kappa shape index (κ2) is 4.73. The smallest absolute Gasteiger partial charge is 0.123 e. The summed E-state index contributed by atoms with van der Waals surface area (Å²) < 4.78 is 13.2. The van der Waals surface area contributed by atoms with Crippen LogP contribution in [-0.2, 0) is 6.54 Å². The third kappa shape index (κ3) is 1.95. The lowest BCUT2D eigenvalue weighted by Crippen LogP contribution is -2.38. The molecule has 5 atom stereocenters. The van der Waals surface area contributed by atoms with Gasteiger partial charge >= 0.3 is 0 Å². The maximum absolute atomic E-state index is 13.2. The highest BCUT2D eigenvalue weighted by Gasteiger charge is 2.53. The van der Waals surface area contributed by atoms with Crippen LogP contribution >= 0.6 is 0 Å². The van der Waals surface area contributed by atoms with Crippen molar-refractivity contribution in [3.8, 4) is 5.75 Å². The van der Waals surface area contributed by atoms with E-state index >= 15 is 0 Å². The Kier molecular flexibility index (Phi) is 2.99. The fraction of sp³-hybridized carbons (Fsp3) is 0.647. The Labute approximate surface area is 119 Å². The first-order valence-corrected chi connectivity index (χ1v) is 7.93. The molecule has 4 rings (SSSR count). The minimum atomic E-state index is -0.275. The molecule has 0 heterocycles. The van der Waals surface area contributed by atoms with Crippen molar-refractivity contribution < 1.29 is 9.50 Å². The molecule has 0 amide bonds. The molecular formula is C17H22FNO. The molecule has 0 radical (unpaired) electrons. The van der Waals surface area contributed by atoms with E-state index in [0.29, 0.717) is 18.2 Å². The number of phenolic OH excluding ortho intramolecular Hbond substituents is 1. The summed E-state index contributed by atoms with van der Waals surface area (Å²) in [5.74, 6) is 3.60. The lowest BCUT2D eigenvalue weighted by molar-refractivity contribution is 0.207. The summed E-state index contributed by atoms with van der Waals surface area (Å²) in [4.78, 5) is 0. The van der Waals surface area contributed by atoms with Gasteiger partial charge in [-0.15, -0.1) is 0 Å². The number of phenols is 1. The molecule has 1 aromatic carbocycles. The summed E-state index contributed by atoms with van der Waals surface area (Å²) in [6.07, 6.45) is 6.95. The number of aromatic hydroxyl groups is 1. The highest BCUT2D eigenvalue weighted by Crippen LogP contribution is 2.58. The van der Waals surface area contributed by atoms with Gasteiger partial charge < -0.3 is 10.4 Å². The van der Waals surface area contributed by atoms with Gasteiger partial charge in [-0.05, 0) is 67.6 Å². The van der Waals surface area contributed by atoms with Crippen LogP contribution in [0, 0.1) is 29.5 Å². The Bertz CT molecular complexity index is 518. The van der Waals surface area contributed by atoms with Crippen molar-refractivity contribution in [1.82, 2.24) is 5.32 Å². The second-order valence-electron chi connectivity index (χ2n) is 6.91. The van der Waals surface area contributed by atoms with Gasteiger partial charge in [0.15, 0.2) is 0 Å². The number of benzene rings is 1. The summed E-state index contributed by atoms with van der Waals surface area (Å²) in [6.45, 7) is 0.578. The lowest BCUT2D eigenvalue weighted by atomic mass is 9.79. The first kappa shape index (κ1) is 12.6. The molecule has 2 N–H and O–H groups in total. The third-order valence-electron chi connectivity index (χ3n) is 6.02. The normalized spacial score (nSPS) is 38.4. The molecule has 20 heavy (non-hydrogen) atoms. The van der Waals surface area contributed by atoms with Gasteiger partial charge in [0.1, 0.15) is 11.6 Å². The highest BCUT2D eigenvalue weighted by atomic mass is 19.1. The largest absolute Gasteiger partial charge is 0.508 e. The minimum Gasteiger partial charge on any atom is -0.508 e. The number of nitrogens with one attached hydrogen (secondary N) is 1. The third-order valence-corrected chi connectivity index (χ3v) is 6.02. The quantitative estimate of drug-likeness (QED) is 0.885. The molecule has 0 aliphatic heterocycles. The number of hydrogen-bond acceptors (Lipinski definition) is 2. The predicted molar refractivity (Wildman–Crippen MR) is 75.7 cm³/mol. The first-order valence-electron chi connectivity index (χ1n) is 7.93. The summed E-state index contributed by atoms with van der Waals surface area (Å²) in [6, 6.07) is 4.76. The molecule has 5 unspecified atom stereocenters. The number of fused-ring (bicyclic) bond motifs is 5. The summed E-state index contributed by atoms with van der Waals surface area (Å²) >= 11 is 0. The number of hydrogen-bond donors (Lipinski definition) is 2. The molecule has 0 aromatic heterocycles. The average molecular weight is 275 g/mol. The van der Waals surface area contributed by atoms with Gasteiger partial charge in [-0.1, -0.05) is 6.42 Å². The van der Waals surface area contributed by atoms with E-state index in [1.165, 1.54) is 50.3 Å². The highest BCUT2D eigenvalue weighted by molar-refractivity contribution is 5.32. The second-order valence-corrected chi connectivity index (χ2v) is 6.91. The van der Waals surface area contributed by atoms with Crippen molar-refractivity contribution in [2.75, 3.05) is 0 Å². The predicted octanol–water partition coefficient (Wildman–Crippen LogP) is 3.45. The van der Waals surface area contributed by atoms with Crippen LogP contribution in [0.3, 0.4) is 0 Å². The van der Waals surface area contributed by atoms with Crippen LogP contribution in [0.2, 0.25) is 0 Å². The van der Waals surface area contributed by atoms with E-state index in [0.717, 1.165) is 23.7 Å². The first-order chi connectivity index (χ1) is 9.72. The zero-order valence-corrected chi connectivity index (χ0v) is 11.7. The van der Waals surface area contributed by atoms with Crippen LogP contribution in [0.25, 0.3) is 0 Å². The summed E-state index contributed by atoms with van der Waals surface area (Å²) in [7, 11) is 0. The molecule has 0 saturated heterocycles. The molecule has 3 aliphatic carbocycles. The van der Waals surface area contributed by atoms with Crippen molar-refractivity contribution in [2.24, 2.45) is 23.7 Å². The monoisotopic (exact) mass is 275 g/mol. The maximum Gasteiger partial charge on any atom is 0.123 e. The van der Waals surface area contributed by atoms with E-state index in [2.05, 4.69) is 5.32 Å². The Morgan fingerprint density at radius 3 is 2.90 bits per heavy atom. The van der Waals surface area contributed by atoms with Gasteiger partial charge in [-0.3, -0.25) is 0 Å². The van der Waals surface area contributed by atoms with E-state index in [-0.39, 0.29) is 11.6 Å². The van der Waals surface area contributed by atoms with E-state index in [1.807, 2.05) is 0 Å². The molecule has 108 valence electrons. The molecule has 3 aliphatic rings. The minimum absolute atomic E-state index is 0.195. The zero-order chi connectivity index (χ0) is 13.7. The lowest BCUT2D eigenvalue weighted by Gasteiger charge is -2.32. The van der Waals surface area contributed by atoms with Crippen LogP contribution in [0.15, 0.2) is 18.2 Å². The molecular weight excluding hydrogens is 253 g/mol. The van der Waals surface area contributed by atoms with Crippen LogP contribution in [0.5, 0.6) is 5.75 Å². The van der Waals surface area contributed by atoms with Crippen LogP contribution in [0.4, 0.5) is 4.39 Å². The Balaban J connectivity index is 1.42. The van der Waals surface area contributed by atoms with Gasteiger partial charge in [0.05, 0.1) is 0 Å². The van der Waals surface area contributed by atoms with Crippen molar-refractivity contribution in [3.63, 3.8) is 0 Å². The fourth-order valence-corrected chi connectivity index (χ4v) is 5.24. The molecule has 3 heteroatoms. The van der Waals surface area contributed by atoms with Crippen molar-refractivity contribution in [2.45, 2.75) is 44.7 Å². The molecule has 3 fully saturated rings. The van der Waals surface area contributed by atoms with Gasteiger partial charge in [-0.2, -0.15) is 0 Å². The van der Waals surface area contributed by atoms with E-state index < -0.39 is 0 Å². The van der Waals surface area contributed by atoms with Gasteiger partial charge in [0.2, 0.25) is 0 Å². The standard InChI is InChI=1S/C17H22FNO/c18-12-4-5-17(20)11(6-12)9-19-16-8-10-7-15(16)14-3-1-2-13(10)14/h4-6,10,13-16,19-20H,1-3,7-9H2. The molecule has 3 saturated carbocycles. The average Bonchev–Trinajstić information content (AvgIpc) is 3.10. The van der Waals surface area contributed by atoms with Crippen molar-refractivity contribution in [3.05, 3.63) is 29.6 Å². The zero-order valence-electron chi connectivity index (χ0n) is 11.7. The van der Waals surface area contributed by atoms with Crippen LogP contribution < -0.4 is 5.32 Å². The van der Waals surface area contributed by atoms with Crippen molar-refractivity contribution >= 4 is 0 Å². The number of rotatable bonds is 3. The summed E-state index contributed by atoms with van der Waals surface area (Å²) in [5.41, 5.74) is 0.677. The maximum atomic E-state index is 13.2. The molecule has 2 bridgehead atoms. The van der Waals surface area contributed by atoms with Gasteiger partial charge in [-0.25, -0.2) is 4.39 Å². The van der Waals surface area contributed by atoms with Crippen LogP contribution in [0.1, 0.15) is 37.7 Å². The fourth-order valence-electron chi connectivity index (χ4n) is 5.24. The van der Waals surface area contributed by atoms with E-state index in [9.17, 15) is 9.50 Å². The summed E-state index contributed by atoms with van der Waals surface area (Å²) in [5, 5.41) is 13.4. The molecule has 1 aromatic rings. The number of halogens is 1. The van der Waals surface area contributed by atoms with Crippen LogP contribution in [-0.4, -0.2) is 11.1 Å². The molecule has 2 nitrogen and oxygen atoms in total. The molecule has 0 spiro atoms. The van der Waals surface area contributed by atoms with Gasteiger partial charge in [0.25, 0.3) is 0 Å². The van der Waals surface area contributed by atoms with E-state index in [1.54, 1.807) is 0 Å². The van der Waals surface area contributed by atoms with E-state index in [4.69, 9.17) is 0 Å². The topological polar surface area (TPSA) is 32.3 Å². The van der Waals surface area contributed by atoms with Gasteiger partial charge in [0, 0.05) is 18.2 Å². The Morgan fingerprint density at radius 1 is 1.15 bits per heavy atom. The van der Waals surface area contributed by atoms with Crippen molar-refractivity contribution in [1.29, 1.82) is 0 Å². The Morgan fingerprint density at radius 2 is 2.00 bits per heavy atom. The SMILES string of the molecule is Oc1ccc(F)cc1CNC1CC2CC1C1CCCC21. The Hall–Kier alpha value is -1.09.